The smallest absolute Gasteiger partial charge is 0.262 e. The zero-order valence-corrected chi connectivity index (χ0v) is 20.1. The highest BCUT2D eigenvalue weighted by atomic mass is 35.5. The highest BCUT2D eigenvalue weighted by Gasteiger charge is 2.22. The van der Waals surface area contributed by atoms with E-state index in [0.29, 0.717) is 11.6 Å². The first kappa shape index (κ1) is 22.9. The lowest BCUT2D eigenvalue weighted by molar-refractivity contribution is -0.118. The van der Waals surface area contributed by atoms with Gasteiger partial charge in [-0.25, -0.2) is 22.7 Å². The molecule has 1 N–H and O–H groups in total. The van der Waals surface area contributed by atoms with Crippen LogP contribution in [-0.4, -0.2) is 49.3 Å². The molecule has 3 aromatic rings. The number of fused-ring (bicyclic) bond motifs is 3. The van der Waals surface area contributed by atoms with E-state index in [4.69, 9.17) is 16.3 Å². The Hall–Kier alpha value is -2.27. The van der Waals surface area contributed by atoms with Gasteiger partial charge in [-0.3, -0.25) is 4.79 Å². The number of aromatic nitrogens is 2. The lowest BCUT2D eigenvalue weighted by Crippen LogP contribution is -2.23. The summed E-state index contributed by atoms with van der Waals surface area (Å²) in [6.45, 7) is -0.269. The van der Waals surface area contributed by atoms with Crippen LogP contribution in [-0.2, 0) is 27.7 Å². The quantitative estimate of drug-likeness (QED) is 0.522. The summed E-state index contributed by atoms with van der Waals surface area (Å²) < 4.78 is 31.7. The van der Waals surface area contributed by atoms with Crippen LogP contribution in [0.5, 0.6) is 5.88 Å². The molecule has 1 aliphatic carbocycles. The van der Waals surface area contributed by atoms with Gasteiger partial charge in [0.25, 0.3) is 5.91 Å². The molecule has 0 radical (unpaired) electrons. The molecule has 1 aliphatic rings. The molecule has 1 aromatic carbocycles. The summed E-state index contributed by atoms with van der Waals surface area (Å²) in [5, 5.41) is 3.63. The van der Waals surface area contributed by atoms with Gasteiger partial charge in [0, 0.05) is 24.7 Å². The molecular formula is C21H23ClN4O4S2. The molecule has 0 saturated carbocycles. The Labute approximate surface area is 195 Å². The van der Waals surface area contributed by atoms with Crippen molar-refractivity contribution >= 4 is 54.8 Å². The number of carbonyl (C=O) groups excluding carboxylic acids is 1. The van der Waals surface area contributed by atoms with E-state index in [9.17, 15) is 13.2 Å². The fourth-order valence-corrected chi connectivity index (χ4v) is 6.27. The van der Waals surface area contributed by atoms with Crippen molar-refractivity contribution in [1.82, 2.24) is 14.3 Å². The zero-order chi connectivity index (χ0) is 22.9. The third-order valence-electron chi connectivity index (χ3n) is 5.28. The van der Waals surface area contributed by atoms with Crippen molar-refractivity contribution in [2.75, 3.05) is 26.0 Å². The first-order valence-electron chi connectivity index (χ1n) is 10.2. The molecule has 2 heterocycles. The number of nitrogens with zero attached hydrogens (tertiary/aromatic N) is 3. The SMILES string of the molecule is CN(C)S(=O)(=O)c1cc(NC(=O)COc2ncnc3sc4c(c23)CCCCC4)ccc1Cl. The average Bonchev–Trinajstić information content (AvgIpc) is 2.95. The lowest BCUT2D eigenvalue weighted by atomic mass is 10.1. The van der Waals surface area contributed by atoms with Gasteiger partial charge in [0.1, 0.15) is 16.1 Å². The molecule has 0 unspecified atom stereocenters. The maximum absolute atomic E-state index is 12.5. The fourth-order valence-electron chi connectivity index (χ4n) is 3.65. The average molecular weight is 495 g/mol. The number of ether oxygens (including phenoxy) is 1. The highest BCUT2D eigenvalue weighted by molar-refractivity contribution is 7.89. The van der Waals surface area contributed by atoms with Crippen molar-refractivity contribution in [2.24, 2.45) is 0 Å². The first-order valence-corrected chi connectivity index (χ1v) is 12.8. The van der Waals surface area contributed by atoms with E-state index in [2.05, 4.69) is 15.3 Å². The summed E-state index contributed by atoms with van der Waals surface area (Å²) in [6, 6.07) is 4.30. The minimum absolute atomic E-state index is 0.0782. The predicted octanol–water partition coefficient (Wildman–Crippen LogP) is 3.88. The van der Waals surface area contributed by atoms with Gasteiger partial charge >= 0.3 is 0 Å². The van der Waals surface area contributed by atoms with Crippen LogP contribution < -0.4 is 10.1 Å². The van der Waals surface area contributed by atoms with Crippen molar-refractivity contribution in [3.63, 3.8) is 0 Å². The molecule has 0 spiro atoms. The number of aryl methyl sites for hydroxylation is 2. The molecule has 0 fully saturated rings. The van der Waals surface area contributed by atoms with Gasteiger partial charge in [-0.05, 0) is 49.4 Å². The molecule has 8 nitrogen and oxygen atoms in total. The van der Waals surface area contributed by atoms with E-state index in [1.807, 2.05) is 0 Å². The van der Waals surface area contributed by atoms with Crippen LogP contribution in [0.25, 0.3) is 10.2 Å². The van der Waals surface area contributed by atoms with E-state index in [1.165, 1.54) is 61.9 Å². The normalized spacial score (nSPS) is 14.2. The number of hydrogen-bond donors (Lipinski definition) is 1. The first-order chi connectivity index (χ1) is 15.3. The largest absolute Gasteiger partial charge is 0.467 e. The highest BCUT2D eigenvalue weighted by Crippen LogP contribution is 2.38. The molecule has 2 aromatic heterocycles. The molecule has 32 heavy (non-hydrogen) atoms. The Morgan fingerprint density at radius 3 is 2.78 bits per heavy atom. The molecule has 170 valence electrons. The van der Waals surface area contributed by atoms with E-state index >= 15 is 0 Å². The maximum atomic E-state index is 12.5. The number of anilines is 1. The minimum atomic E-state index is -3.75. The van der Waals surface area contributed by atoms with Crippen LogP contribution >= 0.6 is 22.9 Å². The number of thiophene rings is 1. The number of nitrogens with one attached hydrogen (secondary N) is 1. The van der Waals surface area contributed by atoms with Gasteiger partial charge in [0.2, 0.25) is 15.9 Å². The second-order valence-corrected chi connectivity index (χ2v) is 11.3. The Morgan fingerprint density at radius 1 is 1.22 bits per heavy atom. The Kier molecular flexibility index (Phi) is 6.66. The van der Waals surface area contributed by atoms with Gasteiger partial charge in [0.15, 0.2) is 6.61 Å². The van der Waals surface area contributed by atoms with Gasteiger partial charge in [-0.1, -0.05) is 18.0 Å². The number of benzene rings is 1. The van der Waals surface area contributed by atoms with Gasteiger partial charge in [0.05, 0.1) is 10.4 Å². The van der Waals surface area contributed by atoms with E-state index in [0.717, 1.165) is 33.8 Å². The van der Waals surface area contributed by atoms with Crippen molar-refractivity contribution in [3.8, 4) is 5.88 Å². The second kappa shape index (κ2) is 9.30. The monoisotopic (exact) mass is 494 g/mol. The Balaban J connectivity index is 1.51. The lowest BCUT2D eigenvalue weighted by Gasteiger charge is -2.14. The number of sulfonamides is 1. The molecule has 0 bridgehead atoms. The summed E-state index contributed by atoms with van der Waals surface area (Å²) in [4.78, 5) is 23.3. The standard InChI is InChI=1S/C21H23ClN4O4S2/c1-26(2)32(28,29)17-10-13(8-9-15(17)22)25-18(27)11-30-20-19-14-6-4-3-5-7-16(14)31-21(19)24-12-23-20/h8-10,12H,3-7,11H2,1-2H3,(H,25,27). The third-order valence-corrected chi connectivity index (χ3v) is 8.78. The minimum Gasteiger partial charge on any atom is -0.467 e. The van der Waals surface area contributed by atoms with Crippen LogP contribution in [0.2, 0.25) is 5.02 Å². The van der Waals surface area contributed by atoms with Gasteiger partial charge in [-0.15, -0.1) is 11.3 Å². The molecule has 1 amide bonds. The number of rotatable bonds is 6. The second-order valence-electron chi connectivity index (χ2n) is 7.69. The van der Waals surface area contributed by atoms with Gasteiger partial charge < -0.3 is 10.1 Å². The fraction of sp³-hybridized carbons (Fsp3) is 0.381. The van der Waals surface area contributed by atoms with Crippen molar-refractivity contribution in [1.29, 1.82) is 0 Å². The molecule has 11 heteroatoms. The number of hydrogen-bond acceptors (Lipinski definition) is 7. The van der Waals surface area contributed by atoms with Crippen LogP contribution in [0.1, 0.15) is 29.7 Å². The predicted molar refractivity (Wildman–Crippen MR) is 125 cm³/mol. The third kappa shape index (κ3) is 4.59. The van der Waals surface area contributed by atoms with E-state index in [1.54, 1.807) is 11.3 Å². The molecule has 0 saturated heterocycles. The molecule has 4 rings (SSSR count). The summed E-state index contributed by atoms with van der Waals surface area (Å²) in [5.41, 5.74) is 1.54. The summed E-state index contributed by atoms with van der Waals surface area (Å²) in [5.74, 6) is -0.0369. The van der Waals surface area contributed by atoms with Crippen LogP contribution in [0, 0.1) is 0 Å². The van der Waals surface area contributed by atoms with Gasteiger partial charge in [-0.2, -0.15) is 0 Å². The van der Waals surface area contributed by atoms with Crippen LogP contribution in [0.3, 0.4) is 0 Å². The van der Waals surface area contributed by atoms with Crippen LogP contribution in [0.4, 0.5) is 5.69 Å². The molecule has 0 aliphatic heterocycles. The number of carbonyl (C=O) groups is 1. The number of halogens is 1. The summed E-state index contributed by atoms with van der Waals surface area (Å²) in [7, 11) is -0.918. The van der Waals surface area contributed by atoms with Crippen LogP contribution in [0.15, 0.2) is 29.4 Å². The zero-order valence-electron chi connectivity index (χ0n) is 17.7. The van der Waals surface area contributed by atoms with E-state index < -0.39 is 15.9 Å². The summed E-state index contributed by atoms with van der Waals surface area (Å²) in [6.07, 6.45) is 6.91. The topological polar surface area (TPSA) is 101 Å². The Bertz CT molecular complexity index is 1270. The Morgan fingerprint density at radius 2 is 2.00 bits per heavy atom. The van der Waals surface area contributed by atoms with Crippen molar-refractivity contribution in [2.45, 2.75) is 37.0 Å². The maximum Gasteiger partial charge on any atom is 0.262 e. The molecular weight excluding hydrogens is 472 g/mol. The van der Waals surface area contributed by atoms with E-state index in [-0.39, 0.29) is 16.5 Å². The van der Waals surface area contributed by atoms with Crippen molar-refractivity contribution in [3.05, 3.63) is 40.0 Å². The number of amides is 1. The summed E-state index contributed by atoms with van der Waals surface area (Å²) >= 11 is 7.73. The van der Waals surface area contributed by atoms with Crippen molar-refractivity contribution < 1.29 is 17.9 Å². The molecule has 0 atom stereocenters.